The van der Waals surface area contributed by atoms with Gasteiger partial charge < -0.3 is 15.0 Å². The fourth-order valence-electron chi connectivity index (χ4n) is 4.04. The van der Waals surface area contributed by atoms with Gasteiger partial charge in [0, 0.05) is 13.1 Å². The normalized spacial score (nSPS) is 11.9. The maximum atomic E-state index is 13.8. The summed E-state index contributed by atoms with van der Waals surface area (Å²) in [5.41, 5.74) is 2.17. The summed E-state index contributed by atoms with van der Waals surface area (Å²) in [6, 6.07) is 21.3. The molecule has 3 aromatic carbocycles. The number of nitrogens with zero attached hydrogens (tertiary/aromatic N) is 2. The van der Waals surface area contributed by atoms with Crippen LogP contribution in [-0.4, -0.2) is 50.9 Å². The van der Waals surface area contributed by atoms with Crippen LogP contribution in [0.25, 0.3) is 0 Å². The zero-order valence-electron chi connectivity index (χ0n) is 22.3. The Labute approximate surface area is 225 Å². The molecule has 1 atom stereocenters. The molecule has 3 aromatic rings. The highest BCUT2D eigenvalue weighted by atomic mass is 32.2. The number of amides is 2. The van der Waals surface area contributed by atoms with Crippen molar-refractivity contribution in [2.45, 2.75) is 45.2 Å². The minimum Gasteiger partial charge on any atom is -0.494 e. The summed E-state index contributed by atoms with van der Waals surface area (Å²) in [7, 11) is -4.10. The van der Waals surface area contributed by atoms with Crippen molar-refractivity contribution < 1.29 is 22.7 Å². The molecule has 0 aliphatic rings. The van der Waals surface area contributed by atoms with Crippen LogP contribution < -0.4 is 14.4 Å². The number of benzene rings is 3. The molecule has 9 heteroatoms. The van der Waals surface area contributed by atoms with E-state index < -0.39 is 28.5 Å². The first-order valence-corrected chi connectivity index (χ1v) is 14.0. The largest absolute Gasteiger partial charge is 0.494 e. The van der Waals surface area contributed by atoms with Crippen LogP contribution in [0.3, 0.4) is 0 Å². The predicted molar refractivity (Wildman–Crippen MR) is 148 cm³/mol. The molecule has 2 amide bonds. The first kappa shape index (κ1) is 28.7. The molecule has 0 saturated heterocycles. The predicted octanol–water partition coefficient (Wildman–Crippen LogP) is 4.14. The van der Waals surface area contributed by atoms with Crippen molar-refractivity contribution >= 4 is 27.5 Å². The Morgan fingerprint density at radius 2 is 1.63 bits per heavy atom. The Hall–Kier alpha value is -3.85. The quantitative estimate of drug-likeness (QED) is 0.375. The Kier molecular flexibility index (Phi) is 9.90. The molecule has 8 nitrogen and oxygen atoms in total. The first-order valence-electron chi connectivity index (χ1n) is 12.6. The Morgan fingerprint density at radius 3 is 2.24 bits per heavy atom. The highest BCUT2D eigenvalue weighted by Gasteiger charge is 2.32. The van der Waals surface area contributed by atoms with Crippen molar-refractivity contribution in [1.82, 2.24) is 10.2 Å². The molecule has 0 radical (unpaired) electrons. The van der Waals surface area contributed by atoms with Crippen LogP contribution in [0.1, 0.15) is 31.9 Å². The molecule has 1 N–H and O–H groups in total. The number of hydrogen-bond acceptors (Lipinski definition) is 5. The fourth-order valence-corrected chi connectivity index (χ4v) is 5.47. The number of carbonyl (C=O) groups excluding carboxylic acids is 2. The third-order valence-electron chi connectivity index (χ3n) is 6.00. The van der Waals surface area contributed by atoms with Crippen LogP contribution >= 0.6 is 0 Å². The van der Waals surface area contributed by atoms with E-state index in [0.717, 1.165) is 15.4 Å². The third kappa shape index (κ3) is 7.13. The van der Waals surface area contributed by atoms with Crippen molar-refractivity contribution in [3.63, 3.8) is 0 Å². The number of aryl methyl sites for hydroxylation is 1. The van der Waals surface area contributed by atoms with E-state index in [1.807, 2.05) is 38.1 Å². The average Bonchev–Trinajstić information content (AvgIpc) is 2.91. The molecule has 0 unspecified atom stereocenters. The fraction of sp³-hybridized carbons (Fsp3) is 0.310. The first-order chi connectivity index (χ1) is 18.2. The van der Waals surface area contributed by atoms with Crippen molar-refractivity contribution in [2.24, 2.45) is 0 Å². The van der Waals surface area contributed by atoms with Gasteiger partial charge in [0.1, 0.15) is 18.3 Å². The third-order valence-corrected chi connectivity index (χ3v) is 7.79. The van der Waals surface area contributed by atoms with Crippen LogP contribution in [0.15, 0.2) is 83.8 Å². The second kappa shape index (κ2) is 13.1. The van der Waals surface area contributed by atoms with Crippen molar-refractivity contribution in [3.05, 3.63) is 90.0 Å². The number of likely N-dealkylation sites (N-methyl/N-ethyl adjacent to an activating group) is 1. The van der Waals surface area contributed by atoms with E-state index in [2.05, 4.69) is 5.32 Å². The summed E-state index contributed by atoms with van der Waals surface area (Å²) in [4.78, 5) is 28.1. The van der Waals surface area contributed by atoms with E-state index in [0.29, 0.717) is 24.6 Å². The minimum absolute atomic E-state index is 0.0590. The van der Waals surface area contributed by atoms with Crippen molar-refractivity contribution in [1.29, 1.82) is 0 Å². The van der Waals surface area contributed by atoms with Gasteiger partial charge in [-0.05, 0) is 69.7 Å². The Balaban J connectivity index is 2.01. The van der Waals surface area contributed by atoms with Crippen LogP contribution in [0.4, 0.5) is 5.69 Å². The standard InChI is InChI=1S/C29H35N3O5S/c1-5-30-29(34)23(4)31(20-24-12-10-11-22(3)19-24)28(33)21-32(25-15-17-26(18-16-25)37-6-2)38(35,36)27-13-8-7-9-14-27/h7-19,23H,5-6,20-21H2,1-4H3,(H,30,34)/t23-/m0/s1. The summed E-state index contributed by atoms with van der Waals surface area (Å²) < 4.78 is 34.1. The summed E-state index contributed by atoms with van der Waals surface area (Å²) in [5, 5.41) is 2.76. The molecule has 0 saturated carbocycles. The summed E-state index contributed by atoms with van der Waals surface area (Å²) in [6.45, 7) is 7.80. The number of anilines is 1. The topological polar surface area (TPSA) is 96.0 Å². The maximum absolute atomic E-state index is 13.8. The van der Waals surface area contributed by atoms with Crippen LogP contribution in [0.5, 0.6) is 5.75 Å². The lowest BCUT2D eigenvalue weighted by Gasteiger charge is -2.32. The Morgan fingerprint density at radius 1 is 0.947 bits per heavy atom. The van der Waals surface area contributed by atoms with Crippen LogP contribution in [-0.2, 0) is 26.2 Å². The van der Waals surface area contributed by atoms with Gasteiger partial charge in [0.2, 0.25) is 11.8 Å². The smallest absolute Gasteiger partial charge is 0.264 e. The Bertz CT molecular complexity index is 1330. The van der Waals surface area contributed by atoms with E-state index in [9.17, 15) is 18.0 Å². The monoisotopic (exact) mass is 537 g/mol. The lowest BCUT2D eigenvalue weighted by Crippen LogP contribution is -2.51. The van der Waals surface area contributed by atoms with E-state index >= 15 is 0 Å². The van der Waals surface area contributed by atoms with Crippen molar-refractivity contribution in [3.8, 4) is 5.75 Å². The van der Waals surface area contributed by atoms with Crippen LogP contribution in [0.2, 0.25) is 0 Å². The van der Waals surface area contributed by atoms with E-state index in [1.54, 1.807) is 56.3 Å². The molecule has 38 heavy (non-hydrogen) atoms. The number of carbonyl (C=O) groups is 2. The number of sulfonamides is 1. The molecular formula is C29H35N3O5S. The second-order valence-corrected chi connectivity index (χ2v) is 10.7. The van der Waals surface area contributed by atoms with Gasteiger partial charge in [0.15, 0.2) is 0 Å². The molecule has 0 aromatic heterocycles. The molecule has 3 rings (SSSR count). The van der Waals surface area contributed by atoms with Crippen molar-refractivity contribution in [2.75, 3.05) is 24.0 Å². The molecule has 0 fully saturated rings. The second-order valence-electron chi connectivity index (χ2n) is 8.83. The number of nitrogens with one attached hydrogen (secondary N) is 1. The summed E-state index contributed by atoms with van der Waals surface area (Å²) in [6.07, 6.45) is 0. The zero-order valence-corrected chi connectivity index (χ0v) is 23.1. The number of ether oxygens (including phenoxy) is 1. The highest BCUT2D eigenvalue weighted by Crippen LogP contribution is 2.26. The lowest BCUT2D eigenvalue weighted by atomic mass is 10.1. The van der Waals surface area contributed by atoms with Crippen LogP contribution in [0, 0.1) is 6.92 Å². The van der Waals surface area contributed by atoms with Gasteiger partial charge in [-0.15, -0.1) is 0 Å². The molecule has 202 valence electrons. The molecule has 0 spiro atoms. The zero-order chi connectivity index (χ0) is 27.7. The minimum atomic E-state index is -4.10. The van der Waals surface area contributed by atoms with Gasteiger partial charge >= 0.3 is 0 Å². The molecule has 0 aliphatic carbocycles. The maximum Gasteiger partial charge on any atom is 0.264 e. The van der Waals surface area contributed by atoms with E-state index in [4.69, 9.17) is 4.74 Å². The number of hydrogen-bond donors (Lipinski definition) is 1. The van der Waals surface area contributed by atoms with Gasteiger partial charge in [-0.25, -0.2) is 8.42 Å². The average molecular weight is 538 g/mol. The summed E-state index contributed by atoms with van der Waals surface area (Å²) in [5.74, 6) is -0.226. The van der Waals surface area contributed by atoms with Gasteiger partial charge in [-0.3, -0.25) is 13.9 Å². The SMILES string of the molecule is CCNC(=O)[C@H](C)N(Cc1cccc(C)c1)C(=O)CN(c1ccc(OCC)cc1)S(=O)(=O)c1ccccc1. The molecular weight excluding hydrogens is 502 g/mol. The molecule has 0 aliphatic heterocycles. The van der Waals surface area contributed by atoms with E-state index in [1.165, 1.54) is 17.0 Å². The van der Waals surface area contributed by atoms with E-state index in [-0.39, 0.29) is 17.3 Å². The highest BCUT2D eigenvalue weighted by molar-refractivity contribution is 7.92. The van der Waals surface area contributed by atoms with Gasteiger partial charge in [0.25, 0.3) is 10.0 Å². The molecule has 0 heterocycles. The van der Waals surface area contributed by atoms with Gasteiger partial charge in [-0.2, -0.15) is 0 Å². The van der Waals surface area contributed by atoms with Gasteiger partial charge in [0.05, 0.1) is 17.2 Å². The summed E-state index contributed by atoms with van der Waals surface area (Å²) >= 11 is 0. The molecule has 0 bridgehead atoms. The lowest BCUT2D eigenvalue weighted by molar-refractivity contribution is -0.139. The van der Waals surface area contributed by atoms with Gasteiger partial charge in [-0.1, -0.05) is 48.0 Å². The number of rotatable bonds is 12.